The summed E-state index contributed by atoms with van der Waals surface area (Å²) in [6, 6.07) is 6.37. The maximum atomic E-state index is 11.7. The van der Waals surface area contributed by atoms with E-state index in [1.165, 1.54) is 6.07 Å². The van der Waals surface area contributed by atoms with Crippen molar-refractivity contribution in [2.75, 3.05) is 6.61 Å². The number of aryl methyl sites for hydroxylation is 2. The summed E-state index contributed by atoms with van der Waals surface area (Å²) in [7, 11) is 1.95. The van der Waals surface area contributed by atoms with Gasteiger partial charge in [-0.2, -0.15) is 0 Å². The van der Waals surface area contributed by atoms with Gasteiger partial charge in [0.2, 0.25) is 6.33 Å². The highest BCUT2D eigenvalue weighted by molar-refractivity contribution is 5.92. The van der Waals surface area contributed by atoms with Crippen molar-refractivity contribution in [2.45, 2.75) is 13.0 Å². The molecule has 1 aromatic carbocycles. The number of nitrogens with zero attached hydrogens (tertiary/aromatic N) is 2. The van der Waals surface area contributed by atoms with E-state index in [9.17, 15) is 9.90 Å². The Balaban J connectivity index is 1.77. The van der Waals surface area contributed by atoms with E-state index in [-0.39, 0.29) is 11.3 Å². The molecular weight excluding hydrogens is 244 g/mol. The molecular formula is C14H17N2O3+. The third kappa shape index (κ3) is 3.58. The minimum absolute atomic E-state index is 0.0510. The second-order valence-electron chi connectivity index (χ2n) is 4.32. The average Bonchev–Trinajstić information content (AvgIpc) is 2.81. The fourth-order valence-electron chi connectivity index (χ4n) is 1.77. The number of benzene rings is 1. The van der Waals surface area contributed by atoms with E-state index in [2.05, 4.69) is 0 Å². The number of hydrogen-bond donors (Lipinski definition) is 1. The molecule has 1 N–H and O–H groups in total. The van der Waals surface area contributed by atoms with Crippen LogP contribution in [0.5, 0.6) is 5.75 Å². The van der Waals surface area contributed by atoms with Crippen LogP contribution in [0.3, 0.4) is 0 Å². The third-order valence-electron chi connectivity index (χ3n) is 2.74. The molecule has 0 unspecified atom stereocenters. The number of esters is 1. The number of aromatic nitrogens is 2. The lowest BCUT2D eigenvalue weighted by Crippen LogP contribution is -2.23. The Morgan fingerprint density at radius 3 is 2.89 bits per heavy atom. The molecule has 0 spiro atoms. The molecule has 5 nitrogen and oxygen atoms in total. The van der Waals surface area contributed by atoms with Crippen molar-refractivity contribution < 1.29 is 19.2 Å². The van der Waals surface area contributed by atoms with Crippen LogP contribution in [-0.4, -0.2) is 22.2 Å². The molecule has 0 fully saturated rings. The second kappa shape index (κ2) is 6.04. The van der Waals surface area contributed by atoms with Crippen LogP contribution in [0.25, 0.3) is 0 Å². The number of carbonyl (C=O) groups excluding carboxylic acids is 1. The lowest BCUT2D eigenvalue weighted by Gasteiger charge is -2.05. The van der Waals surface area contributed by atoms with Gasteiger partial charge in [-0.15, -0.1) is 0 Å². The van der Waals surface area contributed by atoms with Crippen molar-refractivity contribution in [3.63, 3.8) is 0 Å². The highest BCUT2D eigenvalue weighted by Crippen LogP contribution is 2.16. The Bertz CT molecular complexity index is 563. The summed E-state index contributed by atoms with van der Waals surface area (Å²) in [5.74, 6) is -0.541. The predicted molar refractivity (Wildman–Crippen MR) is 68.6 cm³/mol. The number of phenolic OH excluding ortho intramolecular Hbond substituents is 1. The smallest absolute Gasteiger partial charge is 0.341 e. The minimum atomic E-state index is -0.490. The van der Waals surface area contributed by atoms with Crippen molar-refractivity contribution in [3.8, 4) is 5.75 Å². The number of rotatable bonds is 5. The van der Waals surface area contributed by atoms with Gasteiger partial charge in [0.25, 0.3) is 0 Å². The first-order valence-electron chi connectivity index (χ1n) is 6.13. The summed E-state index contributed by atoms with van der Waals surface area (Å²) in [6.45, 7) is 1.12. The Kier molecular flexibility index (Phi) is 4.18. The molecule has 100 valence electrons. The summed E-state index contributed by atoms with van der Waals surface area (Å²) in [6.07, 6.45) is 6.61. The molecule has 0 saturated heterocycles. The fraction of sp³-hybridized carbons (Fsp3) is 0.286. The van der Waals surface area contributed by atoms with Crippen LogP contribution in [-0.2, 0) is 18.3 Å². The average molecular weight is 261 g/mol. The number of imidazole rings is 1. The minimum Gasteiger partial charge on any atom is -0.507 e. The van der Waals surface area contributed by atoms with E-state index in [4.69, 9.17) is 4.74 Å². The third-order valence-corrected chi connectivity index (χ3v) is 2.74. The number of aromatic hydroxyl groups is 1. The van der Waals surface area contributed by atoms with Crippen LogP contribution < -0.4 is 4.57 Å². The molecule has 5 heteroatoms. The summed E-state index contributed by atoms with van der Waals surface area (Å²) in [5, 5.41) is 9.51. The molecule has 0 atom stereocenters. The zero-order chi connectivity index (χ0) is 13.7. The maximum Gasteiger partial charge on any atom is 0.341 e. The summed E-state index contributed by atoms with van der Waals surface area (Å²) in [4.78, 5) is 11.7. The molecule has 0 aliphatic heterocycles. The number of carbonyl (C=O) groups is 1. The van der Waals surface area contributed by atoms with Gasteiger partial charge in [0.1, 0.15) is 23.7 Å². The second-order valence-corrected chi connectivity index (χ2v) is 4.32. The molecule has 1 aromatic heterocycles. The van der Waals surface area contributed by atoms with Crippen LogP contribution in [0.2, 0.25) is 0 Å². The van der Waals surface area contributed by atoms with Gasteiger partial charge in [-0.25, -0.2) is 13.9 Å². The van der Waals surface area contributed by atoms with Crippen molar-refractivity contribution in [1.82, 2.24) is 4.57 Å². The number of hydrogen-bond acceptors (Lipinski definition) is 3. The lowest BCUT2D eigenvalue weighted by molar-refractivity contribution is -0.671. The molecule has 2 aromatic rings. The highest BCUT2D eigenvalue weighted by atomic mass is 16.5. The van der Waals surface area contributed by atoms with E-state index in [1.54, 1.807) is 18.2 Å². The van der Waals surface area contributed by atoms with Crippen LogP contribution in [0.4, 0.5) is 0 Å². The first-order valence-corrected chi connectivity index (χ1v) is 6.13. The summed E-state index contributed by atoms with van der Waals surface area (Å²) < 4.78 is 9.09. The Hall–Kier alpha value is -2.30. The first kappa shape index (κ1) is 13.1. The van der Waals surface area contributed by atoms with Crippen LogP contribution in [0.1, 0.15) is 16.8 Å². The van der Waals surface area contributed by atoms with Crippen molar-refractivity contribution in [2.24, 2.45) is 7.05 Å². The quantitative estimate of drug-likeness (QED) is 0.501. The Labute approximate surface area is 111 Å². The zero-order valence-corrected chi connectivity index (χ0v) is 10.8. The molecule has 0 radical (unpaired) electrons. The molecule has 0 saturated carbocycles. The zero-order valence-electron chi connectivity index (χ0n) is 10.8. The van der Waals surface area contributed by atoms with Gasteiger partial charge < -0.3 is 9.84 Å². The summed E-state index contributed by atoms with van der Waals surface area (Å²) in [5.41, 5.74) is 0.204. The van der Waals surface area contributed by atoms with Crippen molar-refractivity contribution >= 4 is 5.97 Å². The van der Waals surface area contributed by atoms with E-state index in [1.807, 2.05) is 34.9 Å². The van der Waals surface area contributed by atoms with Gasteiger partial charge >= 0.3 is 5.97 Å². The van der Waals surface area contributed by atoms with Crippen LogP contribution in [0, 0.1) is 0 Å². The maximum absolute atomic E-state index is 11.7. The van der Waals surface area contributed by atoms with Gasteiger partial charge in [0.15, 0.2) is 0 Å². The fourth-order valence-corrected chi connectivity index (χ4v) is 1.77. The molecule has 0 amide bonds. The molecule has 0 aliphatic carbocycles. The van der Waals surface area contributed by atoms with Gasteiger partial charge in [0.05, 0.1) is 20.2 Å². The topological polar surface area (TPSA) is 55.3 Å². The summed E-state index contributed by atoms with van der Waals surface area (Å²) >= 11 is 0. The largest absolute Gasteiger partial charge is 0.507 e. The van der Waals surface area contributed by atoms with E-state index < -0.39 is 5.97 Å². The van der Waals surface area contributed by atoms with Crippen LogP contribution >= 0.6 is 0 Å². The normalized spacial score (nSPS) is 10.4. The Morgan fingerprint density at radius 2 is 2.21 bits per heavy atom. The van der Waals surface area contributed by atoms with Gasteiger partial charge in [0, 0.05) is 6.42 Å². The number of phenols is 1. The monoisotopic (exact) mass is 261 g/mol. The van der Waals surface area contributed by atoms with Gasteiger partial charge in [-0.05, 0) is 12.1 Å². The molecule has 19 heavy (non-hydrogen) atoms. The molecule has 0 bridgehead atoms. The SMILES string of the molecule is C[n+]1ccn(CCCOC(=O)c2ccccc2O)c1. The van der Waals surface area contributed by atoms with Crippen molar-refractivity contribution in [3.05, 3.63) is 48.5 Å². The van der Waals surface area contributed by atoms with Gasteiger partial charge in [-0.1, -0.05) is 12.1 Å². The lowest BCUT2D eigenvalue weighted by atomic mass is 10.2. The van der Waals surface area contributed by atoms with Gasteiger partial charge in [-0.3, -0.25) is 0 Å². The Morgan fingerprint density at radius 1 is 1.42 bits per heavy atom. The number of ether oxygens (including phenoxy) is 1. The highest BCUT2D eigenvalue weighted by Gasteiger charge is 2.11. The van der Waals surface area contributed by atoms with E-state index in [0.29, 0.717) is 6.61 Å². The number of para-hydroxylation sites is 1. The van der Waals surface area contributed by atoms with E-state index >= 15 is 0 Å². The molecule has 0 aliphatic rings. The van der Waals surface area contributed by atoms with Crippen LogP contribution in [0.15, 0.2) is 43.0 Å². The standard InChI is InChI=1S/C14H16N2O3/c1-15-8-9-16(11-15)7-4-10-19-14(18)12-5-2-3-6-13(12)17/h2-3,5-6,8-9,11H,4,7,10H2,1H3/p+1. The predicted octanol–water partition coefficient (Wildman–Crippen LogP) is 1.27. The molecule has 1 heterocycles. The molecule has 2 rings (SSSR count). The first-order chi connectivity index (χ1) is 9.16. The van der Waals surface area contributed by atoms with E-state index in [0.717, 1.165) is 13.0 Å². The van der Waals surface area contributed by atoms with Crippen molar-refractivity contribution in [1.29, 1.82) is 0 Å².